The molecule has 0 unspecified atom stereocenters. The van der Waals surface area contributed by atoms with Gasteiger partial charge in [-0.3, -0.25) is 19.2 Å². The molecule has 11 nitrogen and oxygen atoms in total. The Morgan fingerprint density at radius 1 is 0.761 bits per heavy atom. The average molecular weight is 628 g/mol. The van der Waals surface area contributed by atoms with E-state index in [4.69, 9.17) is 5.73 Å². The molecule has 0 spiro atoms. The molecule has 0 aliphatic rings. The maximum absolute atomic E-state index is 13.7. The van der Waals surface area contributed by atoms with Crippen LogP contribution in [0, 0.1) is 11.3 Å². The van der Waals surface area contributed by atoms with Crippen molar-refractivity contribution in [3.63, 3.8) is 0 Å². The van der Waals surface area contributed by atoms with E-state index in [-0.39, 0.29) is 35.4 Å². The van der Waals surface area contributed by atoms with Crippen molar-refractivity contribution in [1.82, 2.24) is 15.5 Å². The molecule has 0 fully saturated rings. The van der Waals surface area contributed by atoms with E-state index in [2.05, 4.69) is 10.6 Å². The van der Waals surface area contributed by atoms with Gasteiger partial charge in [0.15, 0.2) is 0 Å². The summed E-state index contributed by atoms with van der Waals surface area (Å²) in [5.74, 6) is -2.46. The highest BCUT2D eigenvalue weighted by Gasteiger charge is 2.35. The minimum absolute atomic E-state index is 0.0400. The Bertz CT molecular complexity index is 1520. The lowest BCUT2D eigenvalue weighted by atomic mass is 9.92. The lowest BCUT2D eigenvalue weighted by Gasteiger charge is -2.32. The van der Waals surface area contributed by atoms with Crippen molar-refractivity contribution in [3.05, 3.63) is 107 Å². The molecule has 0 radical (unpaired) electrons. The van der Waals surface area contributed by atoms with E-state index in [0.717, 1.165) is 5.56 Å². The van der Waals surface area contributed by atoms with Crippen LogP contribution in [-0.4, -0.2) is 76.1 Å². The molecule has 4 amide bonds. The van der Waals surface area contributed by atoms with Crippen molar-refractivity contribution >= 4 is 23.6 Å². The standard InChI is InChI=1S/C35H41N5O6/c1-3-17-40(18-4-2)35(46)27-21-25(32(37)43)20-26(22-27)34(45)39-29(19-23-11-7-5-8-12-23)31(42)30(41)28(15-16-36)38-33(44)24-13-9-6-10-14-24/h5-14,20-22,28-31,41-42H,3-4,15,17-19H2,1-2H3,(H2,37,43)(H,38,44)(H,39,45)/t28-,29+,30+,31+/m0/s1. The molecule has 0 aromatic heterocycles. The second-order valence-electron chi connectivity index (χ2n) is 11.0. The van der Waals surface area contributed by atoms with E-state index in [1.807, 2.05) is 19.9 Å². The highest BCUT2D eigenvalue weighted by atomic mass is 16.3. The van der Waals surface area contributed by atoms with Gasteiger partial charge >= 0.3 is 0 Å². The summed E-state index contributed by atoms with van der Waals surface area (Å²) in [5.41, 5.74) is 6.61. The van der Waals surface area contributed by atoms with Crippen molar-refractivity contribution < 1.29 is 29.4 Å². The van der Waals surface area contributed by atoms with Crippen molar-refractivity contribution in [1.29, 1.82) is 5.26 Å². The van der Waals surface area contributed by atoms with Crippen LogP contribution >= 0.6 is 0 Å². The molecule has 0 heterocycles. The molecule has 11 heteroatoms. The molecule has 6 N–H and O–H groups in total. The highest BCUT2D eigenvalue weighted by Crippen LogP contribution is 2.17. The number of hydrogen-bond acceptors (Lipinski definition) is 7. The Morgan fingerprint density at radius 3 is 1.83 bits per heavy atom. The van der Waals surface area contributed by atoms with Gasteiger partial charge in [0.2, 0.25) is 5.91 Å². The Morgan fingerprint density at radius 2 is 1.26 bits per heavy atom. The molecule has 46 heavy (non-hydrogen) atoms. The first-order valence-electron chi connectivity index (χ1n) is 15.3. The third kappa shape index (κ3) is 9.72. The second-order valence-corrected chi connectivity index (χ2v) is 11.0. The minimum Gasteiger partial charge on any atom is -0.388 e. The number of carbonyl (C=O) groups is 4. The van der Waals surface area contributed by atoms with E-state index in [9.17, 15) is 34.7 Å². The number of hydrogen-bond donors (Lipinski definition) is 5. The fourth-order valence-corrected chi connectivity index (χ4v) is 5.11. The van der Waals surface area contributed by atoms with Crippen LogP contribution in [0.3, 0.4) is 0 Å². The largest absolute Gasteiger partial charge is 0.388 e. The lowest BCUT2D eigenvalue weighted by Crippen LogP contribution is -2.56. The molecular formula is C35H41N5O6. The lowest BCUT2D eigenvalue weighted by molar-refractivity contribution is -0.0212. The van der Waals surface area contributed by atoms with Gasteiger partial charge in [-0.15, -0.1) is 0 Å². The van der Waals surface area contributed by atoms with Crippen LogP contribution in [0.2, 0.25) is 0 Å². The van der Waals surface area contributed by atoms with Crippen molar-refractivity contribution in [2.75, 3.05) is 13.1 Å². The molecule has 0 saturated carbocycles. The first-order chi connectivity index (χ1) is 22.1. The first kappa shape index (κ1) is 35.4. The molecule has 0 aliphatic carbocycles. The number of aliphatic hydroxyl groups excluding tert-OH is 2. The van der Waals surface area contributed by atoms with Gasteiger partial charge in [-0.2, -0.15) is 5.26 Å². The average Bonchev–Trinajstić information content (AvgIpc) is 3.07. The molecule has 3 rings (SSSR count). The third-order valence-corrected chi connectivity index (χ3v) is 7.45. The Balaban J connectivity index is 1.94. The number of benzene rings is 3. The summed E-state index contributed by atoms with van der Waals surface area (Å²) in [6.45, 7) is 4.86. The van der Waals surface area contributed by atoms with Crippen LogP contribution < -0.4 is 16.4 Å². The summed E-state index contributed by atoms with van der Waals surface area (Å²) >= 11 is 0. The Labute approximate surface area is 269 Å². The molecule has 3 aromatic rings. The van der Waals surface area contributed by atoms with Crippen LogP contribution in [0.1, 0.15) is 80.1 Å². The van der Waals surface area contributed by atoms with Crippen LogP contribution in [0.25, 0.3) is 0 Å². The normalized spacial score (nSPS) is 13.4. The van der Waals surface area contributed by atoms with Gasteiger partial charge in [0, 0.05) is 35.3 Å². The van der Waals surface area contributed by atoms with E-state index >= 15 is 0 Å². The number of rotatable bonds is 16. The molecule has 0 bridgehead atoms. The highest BCUT2D eigenvalue weighted by molar-refractivity contribution is 6.04. The van der Waals surface area contributed by atoms with E-state index < -0.39 is 42.0 Å². The van der Waals surface area contributed by atoms with Gasteiger partial charge in [-0.1, -0.05) is 62.4 Å². The summed E-state index contributed by atoms with van der Waals surface area (Å²) in [6.07, 6.45) is -2.13. The van der Waals surface area contributed by atoms with E-state index in [0.29, 0.717) is 31.5 Å². The van der Waals surface area contributed by atoms with Crippen LogP contribution in [0.4, 0.5) is 0 Å². The minimum atomic E-state index is -1.66. The summed E-state index contributed by atoms with van der Waals surface area (Å²) in [7, 11) is 0. The fraction of sp³-hybridized carbons (Fsp3) is 0.343. The molecule has 0 aliphatic heterocycles. The van der Waals surface area contributed by atoms with E-state index in [1.54, 1.807) is 65.6 Å². The third-order valence-electron chi connectivity index (χ3n) is 7.45. The van der Waals surface area contributed by atoms with Gasteiger partial charge in [0.25, 0.3) is 17.7 Å². The SMILES string of the molecule is CCCN(CCC)C(=O)c1cc(C(N)=O)cc(C(=O)N[C@H](Cc2ccccc2)[C@@H](O)[C@H](O)[C@H](CC#N)NC(=O)c2ccccc2)c1. The fourth-order valence-electron chi connectivity index (χ4n) is 5.11. The Kier molecular flexibility index (Phi) is 13.4. The second kappa shape index (κ2) is 17.4. The van der Waals surface area contributed by atoms with Gasteiger partial charge in [0.1, 0.15) is 12.2 Å². The molecule has 4 atom stereocenters. The van der Waals surface area contributed by atoms with Crippen LogP contribution in [-0.2, 0) is 6.42 Å². The summed E-state index contributed by atoms with van der Waals surface area (Å²) < 4.78 is 0. The summed E-state index contributed by atoms with van der Waals surface area (Å²) in [4.78, 5) is 53.7. The summed E-state index contributed by atoms with van der Waals surface area (Å²) in [6, 6.07) is 20.8. The van der Waals surface area contributed by atoms with E-state index in [1.165, 1.54) is 18.2 Å². The zero-order chi connectivity index (χ0) is 33.6. The molecule has 242 valence electrons. The van der Waals surface area contributed by atoms with Crippen molar-refractivity contribution in [2.24, 2.45) is 5.73 Å². The van der Waals surface area contributed by atoms with Gasteiger partial charge in [-0.05, 0) is 55.2 Å². The van der Waals surface area contributed by atoms with Gasteiger partial charge < -0.3 is 31.5 Å². The predicted octanol–water partition coefficient (Wildman–Crippen LogP) is 2.82. The number of nitriles is 1. The number of primary amides is 1. The number of aliphatic hydroxyl groups is 2. The predicted molar refractivity (Wildman–Crippen MR) is 173 cm³/mol. The molecule has 3 aromatic carbocycles. The molecule has 0 saturated heterocycles. The maximum Gasteiger partial charge on any atom is 0.253 e. The monoisotopic (exact) mass is 627 g/mol. The quantitative estimate of drug-likeness (QED) is 0.162. The van der Waals surface area contributed by atoms with Gasteiger partial charge in [-0.25, -0.2) is 0 Å². The number of nitrogens with zero attached hydrogens (tertiary/aromatic N) is 2. The molecular weight excluding hydrogens is 586 g/mol. The number of nitrogens with two attached hydrogens (primary N) is 1. The smallest absolute Gasteiger partial charge is 0.253 e. The number of amides is 4. The number of carbonyl (C=O) groups excluding carboxylic acids is 4. The Hall–Kier alpha value is -5.05. The van der Waals surface area contributed by atoms with Crippen molar-refractivity contribution in [2.45, 2.75) is 63.8 Å². The summed E-state index contributed by atoms with van der Waals surface area (Å²) in [5, 5.41) is 37.5. The topological polar surface area (TPSA) is 186 Å². The maximum atomic E-state index is 13.7. The van der Waals surface area contributed by atoms with Crippen molar-refractivity contribution in [3.8, 4) is 6.07 Å². The number of nitrogens with one attached hydrogen (secondary N) is 2. The van der Waals surface area contributed by atoms with Crippen LogP contribution in [0.15, 0.2) is 78.9 Å². The first-order valence-corrected chi connectivity index (χ1v) is 15.3. The zero-order valence-corrected chi connectivity index (χ0v) is 26.1. The van der Waals surface area contributed by atoms with Crippen LogP contribution in [0.5, 0.6) is 0 Å². The zero-order valence-electron chi connectivity index (χ0n) is 26.1. The van der Waals surface area contributed by atoms with Gasteiger partial charge in [0.05, 0.1) is 24.6 Å².